The summed E-state index contributed by atoms with van der Waals surface area (Å²) in [5.41, 5.74) is -1.37. The molecule has 0 radical (unpaired) electrons. The van der Waals surface area contributed by atoms with E-state index < -0.39 is 98.4 Å². The summed E-state index contributed by atoms with van der Waals surface area (Å²) in [4.78, 5) is 83.5. The van der Waals surface area contributed by atoms with Gasteiger partial charge in [0.05, 0.1) is 18.3 Å². The Kier molecular flexibility index (Phi) is 11.1. The van der Waals surface area contributed by atoms with Gasteiger partial charge in [0.15, 0.2) is 5.78 Å². The zero-order valence-corrected chi connectivity index (χ0v) is 31.2. The molecule has 15 nitrogen and oxygen atoms in total. The zero-order chi connectivity index (χ0) is 39.0. The lowest BCUT2D eigenvalue weighted by molar-refractivity contribution is -0.141. The summed E-state index contributed by atoms with van der Waals surface area (Å²) < 4.78 is 52.9. The average Bonchev–Trinajstić information content (AvgIpc) is 3.97. The predicted octanol–water partition coefficient (Wildman–Crippen LogP) is 2.74. The number of hydrogen-bond acceptors (Lipinski definition) is 10. The monoisotopic (exact) mass is 759 g/mol. The van der Waals surface area contributed by atoms with Crippen molar-refractivity contribution in [1.29, 1.82) is 0 Å². The van der Waals surface area contributed by atoms with Crippen LogP contribution in [0.5, 0.6) is 0 Å². The molecule has 2 saturated carbocycles. The van der Waals surface area contributed by atoms with E-state index in [4.69, 9.17) is 9.47 Å². The number of ketones is 1. The van der Waals surface area contributed by atoms with Gasteiger partial charge in [0.1, 0.15) is 35.1 Å². The Morgan fingerprint density at radius 2 is 1.83 bits per heavy atom. The maximum atomic E-state index is 14.4. The molecule has 1 aromatic rings. The van der Waals surface area contributed by atoms with Crippen molar-refractivity contribution in [2.24, 2.45) is 5.92 Å². The molecule has 1 aromatic carbocycles. The first-order chi connectivity index (χ1) is 24.8. The topological polar surface area (TPSA) is 198 Å². The molecule has 288 valence electrons. The van der Waals surface area contributed by atoms with Crippen LogP contribution in [-0.4, -0.2) is 95.0 Å². The molecule has 4 aliphatic rings. The standard InChI is InChI=1S/C36H46FN5O10S/c1-7-20(3)29(43)15-27(38-33(47)52-35(4,5)6)31(45)42-18-23(51-34(48)41-17-21-10-9-11-26(37)25(21)19-41)14-28(42)30(44)39-36(16-22(36)8-2)32(46)40-53(49,50)24-12-13-24/h7-11,22-24,27-28H,2,12-19H2,1,3-6H3,(H,38,47)(H,39,44)(H,40,46)/b20-7+/t22?,23-,27+,28+,36?/m1/s1. The molecule has 17 heteroatoms. The van der Waals surface area contributed by atoms with Gasteiger partial charge in [0, 0.05) is 30.9 Å². The van der Waals surface area contributed by atoms with E-state index in [1.807, 2.05) is 0 Å². The first kappa shape index (κ1) is 39.4. The molecule has 0 aromatic heterocycles. The second-order valence-corrected chi connectivity index (χ2v) is 16.9. The average molecular weight is 760 g/mol. The number of nitrogens with zero attached hydrogens (tertiary/aromatic N) is 2. The molecule has 2 aliphatic heterocycles. The van der Waals surface area contributed by atoms with Gasteiger partial charge in [-0.1, -0.05) is 24.3 Å². The SMILES string of the molecule is C=CC1CC1(NC(=O)[C@@H]1C[C@@H](OC(=O)N2Cc3cccc(F)c3C2)CN1C(=O)[C@H](CC(=O)/C(C)=C/C)NC(=O)OC(C)(C)C)C(=O)NS(=O)(=O)C1CC1. The second-order valence-electron chi connectivity index (χ2n) is 15.0. The Bertz CT molecular complexity index is 1860. The normalized spacial score (nSPS) is 24.4. The predicted molar refractivity (Wildman–Crippen MR) is 188 cm³/mol. The lowest BCUT2D eigenvalue weighted by Crippen LogP contribution is -2.58. The van der Waals surface area contributed by atoms with Crippen molar-refractivity contribution in [2.45, 2.75) is 114 Å². The van der Waals surface area contributed by atoms with Gasteiger partial charge in [0.25, 0.3) is 5.91 Å². The third-order valence-electron chi connectivity index (χ3n) is 9.80. The molecule has 0 spiro atoms. The summed E-state index contributed by atoms with van der Waals surface area (Å²) in [6, 6.07) is 1.59. The fraction of sp³-hybridized carbons (Fsp3) is 0.556. The van der Waals surface area contributed by atoms with Gasteiger partial charge in [-0.15, -0.1) is 6.58 Å². The minimum atomic E-state index is -3.97. The van der Waals surface area contributed by atoms with Crippen molar-refractivity contribution in [3.63, 3.8) is 0 Å². The number of Topliss-reactive ketones (excluding diaryl/α,β-unsaturated/α-hetero) is 1. The van der Waals surface area contributed by atoms with Crippen LogP contribution in [0.15, 0.2) is 42.5 Å². The van der Waals surface area contributed by atoms with Crippen LogP contribution >= 0.6 is 0 Å². The van der Waals surface area contributed by atoms with Crippen LogP contribution in [0.4, 0.5) is 14.0 Å². The van der Waals surface area contributed by atoms with Gasteiger partial charge in [0.2, 0.25) is 21.8 Å². The van der Waals surface area contributed by atoms with Crippen molar-refractivity contribution in [2.75, 3.05) is 6.54 Å². The fourth-order valence-electron chi connectivity index (χ4n) is 6.48. The van der Waals surface area contributed by atoms with Crippen LogP contribution in [0.2, 0.25) is 0 Å². The number of rotatable bonds is 12. The summed E-state index contributed by atoms with van der Waals surface area (Å²) in [6.07, 6.45) is 0.153. The van der Waals surface area contributed by atoms with Crippen LogP contribution in [0, 0.1) is 11.7 Å². The maximum absolute atomic E-state index is 14.4. The summed E-state index contributed by atoms with van der Waals surface area (Å²) in [5.74, 6) is -4.24. The molecule has 5 amide bonds. The molecular weight excluding hydrogens is 713 g/mol. The maximum Gasteiger partial charge on any atom is 0.410 e. The molecule has 5 rings (SSSR count). The minimum Gasteiger partial charge on any atom is -0.444 e. The van der Waals surface area contributed by atoms with Crippen LogP contribution in [0.3, 0.4) is 0 Å². The Labute approximate surface area is 307 Å². The van der Waals surface area contributed by atoms with Crippen LogP contribution in [-0.2, 0) is 51.8 Å². The Morgan fingerprint density at radius 3 is 2.42 bits per heavy atom. The van der Waals surface area contributed by atoms with Gasteiger partial charge in [-0.3, -0.25) is 28.8 Å². The molecule has 53 heavy (non-hydrogen) atoms. The highest BCUT2D eigenvalue weighted by Crippen LogP contribution is 2.45. The number of carbonyl (C=O) groups is 6. The molecule has 5 atom stereocenters. The fourth-order valence-corrected chi connectivity index (χ4v) is 7.84. The number of nitrogens with one attached hydrogen (secondary N) is 3. The highest BCUT2D eigenvalue weighted by molar-refractivity contribution is 7.91. The van der Waals surface area contributed by atoms with Crippen molar-refractivity contribution >= 4 is 45.7 Å². The van der Waals surface area contributed by atoms with E-state index in [9.17, 15) is 41.6 Å². The van der Waals surface area contributed by atoms with E-state index in [1.54, 1.807) is 46.8 Å². The number of alkyl carbamates (subject to hydrolysis) is 1. The Morgan fingerprint density at radius 1 is 1.13 bits per heavy atom. The van der Waals surface area contributed by atoms with Gasteiger partial charge < -0.3 is 25.0 Å². The number of amides is 5. The number of halogens is 1. The van der Waals surface area contributed by atoms with Gasteiger partial charge in [-0.2, -0.15) is 0 Å². The smallest absolute Gasteiger partial charge is 0.410 e. The van der Waals surface area contributed by atoms with Crippen molar-refractivity contribution in [3.8, 4) is 0 Å². The zero-order valence-electron chi connectivity index (χ0n) is 30.4. The van der Waals surface area contributed by atoms with E-state index in [0.717, 1.165) is 4.90 Å². The summed E-state index contributed by atoms with van der Waals surface area (Å²) in [7, 11) is -3.97. The largest absolute Gasteiger partial charge is 0.444 e. The Balaban J connectivity index is 1.40. The van der Waals surface area contributed by atoms with Crippen LogP contribution < -0.4 is 15.4 Å². The van der Waals surface area contributed by atoms with E-state index >= 15 is 0 Å². The van der Waals surface area contributed by atoms with Crippen molar-refractivity contribution in [1.82, 2.24) is 25.2 Å². The molecule has 2 unspecified atom stereocenters. The molecule has 2 heterocycles. The quantitative estimate of drug-likeness (QED) is 0.211. The number of sulfonamides is 1. The third kappa shape index (κ3) is 8.88. The van der Waals surface area contributed by atoms with Crippen LogP contribution in [0.25, 0.3) is 0 Å². The van der Waals surface area contributed by atoms with Crippen molar-refractivity contribution in [3.05, 3.63) is 59.4 Å². The van der Waals surface area contributed by atoms with E-state index in [-0.39, 0.29) is 32.5 Å². The number of likely N-dealkylation sites (tertiary alicyclic amines) is 1. The lowest BCUT2D eigenvalue weighted by atomic mass is 10.0. The molecular formula is C36H46FN5O10S. The van der Waals surface area contributed by atoms with Crippen molar-refractivity contribution < 1.29 is 51.0 Å². The van der Waals surface area contributed by atoms with Gasteiger partial charge in [-0.05, 0) is 71.1 Å². The second kappa shape index (κ2) is 14.9. The van der Waals surface area contributed by atoms with E-state index in [2.05, 4.69) is 21.9 Å². The van der Waals surface area contributed by atoms with E-state index in [0.29, 0.717) is 29.5 Å². The molecule has 0 bridgehead atoms. The molecule has 2 aliphatic carbocycles. The van der Waals surface area contributed by atoms with Crippen LogP contribution in [0.1, 0.15) is 77.8 Å². The number of carbonyl (C=O) groups excluding carboxylic acids is 6. The van der Waals surface area contributed by atoms with E-state index in [1.165, 1.54) is 23.1 Å². The highest BCUT2D eigenvalue weighted by Gasteiger charge is 2.62. The Hall–Kier alpha value is -4.80. The summed E-state index contributed by atoms with van der Waals surface area (Å²) >= 11 is 0. The number of allylic oxidation sites excluding steroid dienone is 2. The highest BCUT2D eigenvalue weighted by atomic mass is 32.2. The molecule has 1 saturated heterocycles. The summed E-state index contributed by atoms with van der Waals surface area (Å²) in [5, 5.41) is 4.38. The minimum absolute atomic E-state index is 0.0410. The summed E-state index contributed by atoms with van der Waals surface area (Å²) in [6.45, 7) is 11.4. The lowest BCUT2D eigenvalue weighted by Gasteiger charge is -2.30. The van der Waals surface area contributed by atoms with Gasteiger partial charge in [-0.25, -0.2) is 22.4 Å². The number of fused-ring (bicyclic) bond motifs is 1. The number of ether oxygens (including phenoxy) is 2. The molecule has 3 fully saturated rings. The first-order valence-corrected chi connectivity index (χ1v) is 19.0. The first-order valence-electron chi connectivity index (χ1n) is 17.5. The number of hydrogen-bond donors (Lipinski definition) is 3. The van der Waals surface area contributed by atoms with Gasteiger partial charge >= 0.3 is 12.2 Å². The number of benzene rings is 1. The third-order valence-corrected chi connectivity index (χ3v) is 11.6. The molecule has 3 N–H and O–H groups in total.